The molecule has 0 saturated carbocycles. The predicted molar refractivity (Wildman–Crippen MR) is 103 cm³/mol. The van der Waals surface area contributed by atoms with E-state index in [1.807, 2.05) is 24.3 Å². The van der Waals surface area contributed by atoms with Gasteiger partial charge >= 0.3 is 6.16 Å². The largest absolute Gasteiger partial charge is 0.514 e. The van der Waals surface area contributed by atoms with Crippen LogP contribution in [0.1, 0.15) is 5.76 Å². The van der Waals surface area contributed by atoms with E-state index in [1.165, 1.54) is 24.4 Å². The Kier molecular flexibility index (Phi) is 4.90. The number of hydrogen-bond donors (Lipinski definition) is 0. The van der Waals surface area contributed by atoms with Crippen molar-refractivity contribution in [1.29, 1.82) is 0 Å². The number of nitro groups is 1. The molecular formula is C21H14N2O6. The van der Waals surface area contributed by atoms with Crippen LogP contribution in [0.2, 0.25) is 0 Å². The lowest BCUT2D eigenvalue weighted by Gasteiger charge is -2.07. The van der Waals surface area contributed by atoms with Crippen molar-refractivity contribution in [3.63, 3.8) is 0 Å². The van der Waals surface area contributed by atoms with Gasteiger partial charge < -0.3 is 13.9 Å². The highest BCUT2D eigenvalue weighted by molar-refractivity contribution is 5.78. The van der Waals surface area contributed by atoms with E-state index in [4.69, 9.17) is 13.9 Å². The third-order valence-electron chi connectivity index (χ3n) is 4.15. The summed E-state index contributed by atoms with van der Waals surface area (Å²) in [5.41, 5.74) is 1.38. The van der Waals surface area contributed by atoms with Crippen molar-refractivity contribution in [1.82, 2.24) is 4.98 Å². The van der Waals surface area contributed by atoms with Gasteiger partial charge in [0.2, 0.25) is 0 Å². The highest BCUT2D eigenvalue weighted by atomic mass is 16.7. The number of carbonyl (C=O) groups is 1. The maximum Gasteiger partial charge on any atom is 0.514 e. The number of carbonyl (C=O) groups excluding carboxylic acids is 1. The Bertz CT molecular complexity index is 1150. The van der Waals surface area contributed by atoms with Crippen LogP contribution in [0, 0.1) is 10.1 Å². The molecule has 0 fully saturated rings. The van der Waals surface area contributed by atoms with Gasteiger partial charge in [0, 0.05) is 29.4 Å². The topological polar surface area (TPSA) is 105 Å². The van der Waals surface area contributed by atoms with Crippen molar-refractivity contribution in [2.24, 2.45) is 0 Å². The van der Waals surface area contributed by atoms with E-state index in [9.17, 15) is 14.9 Å². The fourth-order valence-electron chi connectivity index (χ4n) is 2.85. The highest BCUT2D eigenvalue weighted by Gasteiger charge is 2.18. The number of nitrogens with zero attached hydrogens (tertiary/aromatic N) is 2. The summed E-state index contributed by atoms with van der Waals surface area (Å²) in [6, 6.07) is 16.5. The Labute approximate surface area is 164 Å². The molecule has 4 aromatic rings. The normalized spacial score (nSPS) is 10.6. The number of para-hydroxylation sites is 1. The van der Waals surface area contributed by atoms with Crippen LogP contribution in [-0.4, -0.2) is 16.1 Å². The molecule has 4 rings (SSSR count). The monoisotopic (exact) mass is 390 g/mol. The van der Waals surface area contributed by atoms with Crippen LogP contribution in [0.3, 0.4) is 0 Å². The number of rotatable bonds is 5. The van der Waals surface area contributed by atoms with E-state index in [1.54, 1.807) is 24.4 Å². The van der Waals surface area contributed by atoms with Crippen LogP contribution >= 0.6 is 0 Å². The fourth-order valence-corrected chi connectivity index (χ4v) is 2.85. The molecule has 2 heterocycles. The summed E-state index contributed by atoms with van der Waals surface area (Å²) in [6.45, 7) is -0.101. The summed E-state index contributed by atoms with van der Waals surface area (Å²) in [6.07, 6.45) is 2.10. The number of aromatic nitrogens is 1. The van der Waals surface area contributed by atoms with Gasteiger partial charge in [-0.2, -0.15) is 0 Å². The van der Waals surface area contributed by atoms with E-state index in [0.29, 0.717) is 16.9 Å². The quantitative estimate of drug-likeness (QED) is 0.202. The molecule has 144 valence electrons. The number of benzene rings is 2. The van der Waals surface area contributed by atoms with Gasteiger partial charge in [-0.3, -0.25) is 15.1 Å². The molecule has 0 atom stereocenters. The number of pyridine rings is 1. The van der Waals surface area contributed by atoms with Gasteiger partial charge in [0.15, 0.2) is 6.61 Å². The highest BCUT2D eigenvalue weighted by Crippen LogP contribution is 2.33. The zero-order valence-corrected chi connectivity index (χ0v) is 15.0. The first-order chi connectivity index (χ1) is 14.1. The maximum absolute atomic E-state index is 12.0. The van der Waals surface area contributed by atoms with Gasteiger partial charge in [-0.15, -0.1) is 0 Å². The van der Waals surface area contributed by atoms with Gasteiger partial charge in [-0.05, 0) is 30.3 Å². The second kappa shape index (κ2) is 7.81. The lowest BCUT2D eigenvalue weighted by molar-refractivity contribution is -0.384. The molecule has 29 heavy (non-hydrogen) atoms. The lowest BCUT2D eigenvalue weighted by Crippen LogP contribution is -2.10. The van der Waals surface area contributed by atoms with E-state index in [-0.39, 0.29) is 23.6 Å². The second-order valence-corrected chi connectivity index (χ2v) is 6.07. The molecule has 0 spiro atoms. The fraction of sp³-hybridized carbons (Fsp3) is 0.0476. The van der Waals surface area contributed by atoms with Crippen molar-refractivity contribution in [2.45, 2.75) is 6.61 Å². The molecule has 0 bridgehead atoms. The molecule has 2 aromatic carbocycles. The average molecular weight is 390 g/mol. The first-order valence-corrected chi connectivity index (χ1v) is 8.61. The van der Waals surface area contributed by atoms with Crippen molar-refractivity contribution < 1.29 is 23.6 Å². The molecule has 0 N–H and O–H groups in total. The maximum atomic E-state index is 12.0. The molecular weight excluding hydrogens is 376 g/mol. The van der Waals surface area contributed by atoms with Gasteiger partial charge in [0.25, 0.3) is 5.69 Å². The van der Waals surface area contributed by atoms with Crippen molar-refractivity contribution in [2.75, 3.05) is 0 Å². The second-order valence-electron chi connectivity index (χ2n) is 6.07. The molecule has 0 aliphatic heterocycles. The molecule has 0 radical (unpaired) electrons. The third kappa shape index (κ3) is 4.06. The van der Waals surface area contributed by atoms with Crippen LogP contribution in [0.25, 0.3) is 22.1 Å². The first kappa shape index (κ1) is 18.2. The minimum absolute atomic E-state index is 0.101. The summed E-state index contributed by atoms with van der Waals surface area (Å²) < 4.78 is 15.8. The van der Waals surface area contributed by atoms with Crippen molar-refractivity contribution in [3.8, 4) is 16.9 Å². The van der Waals surface area contributed by atoms with E-state index < -0.39 is 11.1 Å². The van der Waals surface area contributed by atoms with Crippen LogP contribution in [-0.2, 0) is 11.3 Å². The zero-order valence-electron chi connectivity index (χ0n) is 15.0. The molecule has 8 heteroatoms. The third-order valence-corrected chi connectivity index (χ3v) is 4.15. The van der Waals surface area contributed by atoms with E-state index in [0.717, 1.165) is 5.39 Å². The molecule has 0 saturated heterocycles. The molecule has 8 nitrogen and oxygen atoms in total. The van der Waals surface area contributed by atoms with E-state index in [2.05, 4.69) is 4.98 Å². The van der Waals surface area contributed by atoms with E-state index >= 15 is 0 Å². The summed E-state index contributed by atoms with van der Waals surface area (Å²) in [5, 5.41) is 12.2. The number of fused-ring (bicyclic) bond motifs is 1. The van der Waals surface area contributed by atoms with Gasteiger partial charge in [-0.1, -0.05) is 24.3 Å². The average Bonchev–Trinajstić information content (AvgIpc) is 3.16. The van der Waals surface area contributed by atoms with Crippen LogP contribution in [0.4, 0.5) is 10.5 Å². The molecule has 0 aliphatic rings. The zero-order chi connectivity index (χ0) is 20.2. The Hall–Kier alpha value is -4.20. The summed E-state index contributed by atoms with van der Waals surface area (Å²) in [5.74, 6) is 0.590. The minimum atomic E-state index is -0.948. The number of hydrogen-bond acceptors (Lipinski definition) is 7. The minimum Gasteiger partial charge on any atom is -0.457 e. The number of ether oxygens (including phenoxy) is 2. The lowest BCUT2D eigenvalue weighted by atomic mass is 10.1. The number of furan rings is 1. The Balaban J connectivity index is 1.48. The molecule has 0 amide bonds. The molecule has 0 unspecified atom stereocenters. The first-order valence-electron chi connectivity index (χ1n) is 8.61. The summed E-state index contributed by atoms with van der Waals surface area (Å²) in [4.78, 5) is 26.8. The summed E-state index contributed by atoms with van der Waals surface area (Å²) >= 11 is 0. The number of nitro benzene ring substituents is 1. The summed E-state index contributed by atoms with van der Waals surface area (Å²) in [7, 11) is 0. The standard InChI is InChI=1S/C21H14N2O6/c24-21(27-13-17-10-14-4-1-2-6-20(14)28-17)29-16-7-8-19(23(25)26)18(11-16)15-5-3-9-22-12-15/h1-12H,13H2. The SMILES string of the molecule is O=C(OCc1cc2ccccc2o1)Oc1ccc([N+](=O)[O-])c(-c2cccnc2)c1. The molecule has 0 aliphatic carbocycles. The Morgan fingerprint density at radius 3 is 2.72 bits per heavy atom. The van der Waals surface area contributed by atoms with Gasteiger partial charge in [-0.25, -0.2) is 4.79 Å². The van der Waals surface area contributed by atoms with Crippen LogP contribution in [0.15, 0.2) is 77.5 Å². The predicted octanol–water partition coefficient (Wildman–Crippen LogP) is 5.12. The Morgan fingerprint density at radius 1 is 1.10 bits per heavy atom. The van der Waals surface area contributed by atoms with Crippen molar-refractivity contribution >= 4 is 22.8 Å². The van der Waals surface area contributed by atoms with Crippen LogP contribution in [0.5, 0.6) is 5.75 Å². The van der Waals surface area contributed by atoms with Crippen molar-refractivity contribution in [3.05, 3.63) is 88.9 Å². The van der Waals surface area contributed by atoms with Gasteiger partial charge in [0.1, 0.15) is 17.1 Å². The van der Waals surface area contributed by atoms with Crippen LogP contribution < -0.4 is 4.74 Å². The molecule has 2 aromatic heterocycles. The Morgan fingerprint density at radius 2 is 1.97 bits per heavy atom. The smallest absolute Gasteiger partial charge is 0.457 e. The van der Waals surface area contributed by atoms with Gasteiger partial charge in [0.05, 0.1) is 10.5 Å².